The van der Waals surface area contributed by atoms with E-state index in [9.17, 15) is 9.59 Å². The van der Waals surface area contributed by atoms with Crippen LogP contribution in [0.3, 0.4) is 0 Å². The van der Waals surface area contributed by atoms with Gasteiger partial charge in [0.25, 0.3) is 5.91 Å². The summed E-state index contributed by atoms with van der Waals surface area (Å²) in [5.41, 5.74) is 5.62. The Morgan fingerprint density at radius 2 is 1.73 bits per heavy atom. The third-order valence-corrected chi connectivity index (χ3v) is 5.13. The Hall–Kier alpha value is -3.73. The summed E-state index contributed by atoms with van der Waals surface area (Å²) in [6.07, 6.45) is 5.83. The molecule has 2 aromatic carbocycles. The molecule has 4 aromatic rings. The summed E-state index contributed by atoms with van der Waals surface area (Å²) in [5, 5.41) is 3.95. The van der Waals surface area contributed by atoms with E-state index in [-0.39, 0.29) is 11.8 Å². The van der Waals surface area contributed by atoms with Gasteiger partial charge in [-0.15, -0.1) is 0 Å². The van der Waals surface area contributed by atoms with Gasteiger partial charge in [-0.25, -0.2) is 0 Å². The fourth-order valence-electron chi connectivity index (χ4n) is 3.52. The highest BCUT2D eigenvalue weighted by molar-refractivity contribution is 5.96. The van der Waals surface area contributed by atoms with Crippen LogP contribution < -0.4 is 5.32 Å². The summed E-state index contributed by atoms with van der Waals surface area (Å²) in [4.78, 5) is 28.6. The van der Waals surface area contributed by atoms with E-state index >= 15 is 0 Å². The number of carbonyl (C=O) groups is 2. The molecule has 0 unspecified atom stereocenters. The highest BCUT2D eigenvalue weighted by Crippen LogP contribution is 2.26. The average Bonchev–Trinajstić information content (AvgIpc) is 3.20. The predicted octanol–water partition coefficient (Wildman–Crippen LogP) is 4.99. The molecule has 2 aromatic heterocycles. The fourth-order valence-corrected chi connectivity index (χ4v) is 3.52. The van der Waals surface area contributed by atoms with E-state index in [1.54, 1.807) is 17.0 Å². The van der Waals surface area contributed by atoms with E-state index in [1.807, 2.05) is 68.6 Å². The first kappa shape index (κ1) is 19.6. The molecule has 5 heteroatoms. The lowest BCUT2D eigenvalue weighted by atomic mass is 10.0. The maximum absolute atomic E-state index is 12.5. The molecule has 0 fully saturated rings. The summed E-state index contributed by atoms with van der Waals surface area (Å²) in [7, 11) is 0. The lowest BCUT2D eigenvalue weighted by Crippen LogP contribution is -2.22. The number of carbonyl (C=O) groups excluding carboxylic acids is 2. The number of nitrogens with zero attached hydrogens (tertiary/aromatic N) is 2. The maximum Gasteiger partial charge on any atom is 0.251 e. The Labute approximate surface area is 175 Å². The molecule has 1 amide bonds. The van der Waals surface area contributed by atoms with Gasteiger partial charge in [-0.1, -0.05) is 31.2 Å². The normalized spacial score (nSPS) is 10.9. The average molecular weight is 397 g/mol. The molecule has 0 radical (unpaired) electrons. The Balaban J connectivity index is 1.49. The van der Waals surface area contributed by atoms with Gasteiger partial charge in [0.1, 0.15) is 0 Å². The topological polar surface area (TPSA) is 64.0 Å². The second kappa shape index (κ2) is 8.33. The number of amides is 1. The van der Waals surface area contributed by atoms with Crippen molar-refractivity contribution in [3.8, 4) is 11.1 Å². The van der Waals surface area contributed by atoms with Crippen molar-refractivity contribution < 1.29 is 9.59 Å². The zero-order chi connectivity index (χ0) is 21.1. The van der Waals surface area contributed by atoms with Crippen LogP contribution in [-0.4, -0.2) is 21.4 Å². The highest BCUT2D eigenvalue weighted by Gasteiger charge is 2.09. The van der Waals surface area contributed by atoms with Crippen LogP contribution in [0.15, 0.2) is 73.2 Å². The van der Waals surface area contributed by atoms with Crippen molar-refractivity contribution in [3.05, 3.63) is 89.9 Å². The Kier molecular flexibility index (Phi) is 5.44. The van der Waals surface area contributed by atoms with E-state index in [0.717, 1.165) is 33.2 Å². The molecule has 0 spiro atoms. The minimum absolute atomic E-state index is 0.0783. The smallest absolute Gasteiger partial charge is 0.251 e. The first-order chi connectivity index (χ1) is 14.5. The van der Waals surface area contributed by atoms with Crippen LogP contribution in [-0.2, 0) is 6.54 Å². The Bertz CT molecular complexity index is 1220. The monoisotopic (exact) mass is 397 g/mol. The predicted molar refractivity (Wildman–Crippen MR) is 118 cm³/mol. The van der Waals surface area contributed by atoms with Crippen molar-refractivity contribution in [2.24, 2.45) is 0 Å². The molecular weight excluding hydrogens is 374 g/mol. The molecule has 4 rings (SSSR count). The third-order valence-electron chi connectivity index (χ3n) is 5.13. The summed E-state index contributed by atoms with van der Waals surface area (Å²) < 4.78 is 1.69. The van der Waals surface area contributed by atoms with E-state index in [0.29, 0.717) is 18.5 Å². The van der Waals surface area contributed by atoms with Gasteiger partial charge in [0.15, 0.2) is 0 Å². The van der Waals surface area contributed by atoms with Crippen LogP contribution in [0.25, 0.3) is 22.0 Å². The molecule has 150 valence electrons. The van der Waals surface area contributed by atoms with E-state index in [4.69, 9.17) is 0 Å². The number of hydrogen-bond acceptors (Lipinski definition) is 3. The second-order valence-corrected chi connectivity index (χ2v) is 7.34. The molecule has 0 aliphatic heterocycles. The first-order valence-electron chi connectivity index (χ1n) is 9.98. The summed E-state index contributed by atoms with van der Waals surface area (Å²) in [6, 6.07) is 17.5. The lowest BCUT2D eigenvalue weighted by molar-refractivity contribution is 0.0912. The Morgan fingerprint density at radius 1 is 0.967 bits per heavy atom. The molecule has 30 heavy (non-hydrogen) atoms. The van der Waals surface area contributed by atoms with Gasteiger partial charge in [0.05, 0.1) is 5.52 Å². The number of aromatic nitrogens is 2. The molecule has 5 nitrogen and oxygen atoms in total. The van der Waals surface area contributed by atoms with Gasteiger partial charge < -0.3 is 5.32 Å². The molecule has 0 bridgehead atoms. The van der Waals surface area contributed by atoms with Gasteiger partial charge >= 0.3 is 0 Å². The molecule has 1 N–H and O–H groups in total. The first-order valence-corrected chi connectivity index (χ1v) is 9.98. The number of rotatable bonds is 5. The standard InChI is InChI=1S/C25H23N3O2/c1-3-24(29)28-11-10-22-13-21(8-9-23(22)28)19-4-6-20(7-5-19)25(30)27-16-18-12-17(2)14-26-15-18/h4-15H,3,16H2,1-2H3,(H,27,30). The molecule has 0 saturated heterocycles. The summed E-state index contributed by atoms with van der Waals surface area (Å²) in [5.74, 6) is -0.0387. The maximum atomic E-state index is 12.5. The van der Waals surface area contributed by atoms with E-state index in [2.05, 4.69) is 16.4 Å². The summed E-state index contributed by atoms with van der Waals surface area (Å²) in [6.45, 7) is 4.28. The number of fused-ring (bicyclic) bond motifs is 1. The van der Waals surface area contributed by atoms with Crippen molar-refractivity contribution in [3.63, 3.8) is 0 Å². The van der Waals surface area contributed by atoms with Gasteiger partial charge in [-0.05, 0) is 59.5 Å². The minimum Gasteiger partial charge on any atom is -0.348 e. The second-order valence-electron chi connectivity index (χ2n) is 7.34. The molecule has 0 saturated carbocycles. The zero-order valence-electron chi connectivity index (χ0n) is 17.1. The van der Waals surface area contributed by atoms with Crippen LogP contribution in [0.5, 0.6) is 0 Å². The minimum atomic E-state index is -0.117. The van der Waals surface area contributed by atoms with Gasteiger partial charge in [0, 0.05) is 42.5 Å². The SMILES string of the molecule is CCC(=O)n1ccc2cc(-c3ccc(C(=O)NCc4cncc(C)c4)cc3)ccc21. The Morgan fingerprint density at radius 3 is 2.47 bits per heavy atom. The number of aryl methyl sites for hydroxylation is 1. The van der Waals surface area contributed by atoms with Crippen molar-refractivity contribution in [2.45, 2.75) is 26.8 Å². The van der Waals surface area contributed by atoms with Crippen molar-refractivity contribution >= 4 is 22.7 Å². The van der Waals surface area contributed by atoms with Gasteiger partial charge in [0.2, 0.25) is 5.91 Å². The van der Waals surface area contributed by atoms with Crippen LogP contribution >= 0.6 is 0 Å². The number of hydrogen-bond donors (Lipinski definition) is 1. The van der Waals surface area contributed by atoms with E-state index in [1.165, 1.54) is 0 Å². The van der Waals surface area contributed by atoms with Gasteiger partial charge in [-0.2, -0.15) is 0 Å². The quantitative estimate of drug-likeness (QED) is 0.516. The lowest BCUT2D eigenvalue weighted by Gasteiger charge is -2.08. The van der Waals surface area contributed by atoms with E-state index < -0.39 is 0 Å². The van der Waals surface area contributed by atoms with Crippen LogP contribution in [0, 0.1) is 6.92 Å². The van der Waals surface area contributed by atoms with Crippen LogP contribution in [0.1, 0.15) is 39.6 Å². The van der Waals surface area contributed by atoms with Crippen LogP contribution in [0.4, 0.5) is 0 Å². The molecule has 2 heterocycles. The number of pyridine rings is 1. The van der Waals surface area contributed by atoms with Crippen molar-refractivity contribution in [1.82, 2.24) is 14.9 Å². The van der Waals surface area contributed by atoms with Crippen molar-refractivity contribution in [2.75, 3.05) is 0 Å². The number of benzene rings is 2. The van der Waals surface area contributed by atoms with Crippen molar-refractivity contribution in [1.29, 1.82) is 0 Å². The third kappa shape index (κ3) is 4.01. The highest BCUT2D eigenvalue weighted by atomic mass is 16.2. The molecule has 0 atom stereocenters. The summed E-state index contributed by atoms with van der Waals surface area (Å²) >= 11 is 0. The zero-order valence-corrected chi connectivity index (χ0v) is 17.1. The number of nitrogens with one attached hydrogen (secondary N) is 1. The molecule has 0 aliphatic carbocycles. The molecule has 0 aliphatic rings. The van der Waals surface area contributed by atoms with Crippen LogP contribution in [0.2, 0.25) is 0 Å². The fraction of sp³-hybridized carbons (Fsp3) is 0.160. The molecular formula is C25H23N3O2. The van der Waals surface area contributed by atoms with Gasteiger partial charge in [-0.3, -0.25) is 19.1 Å². The largest absolute Gasteiger partial charge is 0.348 e.